The Bertz CT molecular complexity index is 869. The van der Waals surface area contributed by atoms with Crippen LogP contribution >= 0.6 is 11.3 Å². The van der Waals surface area contributed by atoms with E-state index in [1.807, 2.05) is 42.6 Å². The van der Waals surface area contributed by atoms with E-state index in [0.29, 0.717) is 15.7 Å². The largest absolute Gasteiger partial charge is 0.285 e. The summed E-state index contributed by atoms with van der Waals surface area (Å²) in [5, 5.41) is 10.0. The van der Waals surface area contributed by atoms with Gasteiger partial charge in [-0.3, -0.25) is 4.40 Å². The first-order valence-electron chi connectivity index (χ1n) is 6.84. The highest BCUT2D eigenvalue weighted by molar-refractivity contribution is 7.91. The summed E-state index contributed by atoms with van der Waals surface area (Å²) in [5.41, 5.74) is 0.693. The van der Waals surface area contributed by atoms with Crippen LogP contribution < -0.4 is 4.72 Å². The lowest BCUT2D eigenvalue weighted by molar-refractivity contribution is 0.441. The van der Waals surface area contributed by atoms with Crippen molar-refractivity contribution in [3.8, 4) is 0 Å². The normalized spacial score (nSPS) is 13.8. The van der Waals surface area contributed by atoms with Gasteiger partial charge in [-0.15, -0.1) is 21.5 Å². The fourth-order valence-corrected chi connectivity index (χ4v) is 4.55. The standard InChI is InChI=1S/C14H16N4O2S2/c1-10(2)13(17-22(19,20)12-7-5-9-21-12)14-16-15-11-6-3-4-8-18(11)14/h3-10,13,17H,1-2H3. The summed E-state index contributed by atoms with van der Waals surface area (Å²) in [5.74, 6) is 0.619. The van der Waals surface area contributed by atoms with Crippen molar-refractivity contribution in [3.63, 3.8) is 0 Å². The monoisotopic (exact) mass is 336 g/mol. The lowest BCUT2D eigenvalue weighted by Crippen LogP contribution is -2.32. The van der Waals surface area contributed by atoms with Crippen molar-refractivity contribution in [2.75, 3.05) is 0 Å². The maximum atomic E-state index is 12.5. The van der Waals surface area contributed by atoms with Gasteiger partial charge in [-0.1, -0.05) is 26.0 Å². The summed E-state index contributed by atoms with van der Waals surface area (Å²) in [6.07, 6.45) is 1.83. The lowest BCUT2D eigenvalue weighted by Gasteiger charge is -2.20. The summed E-state index contributed by atoms with van der Waals surface area (Å²) in [6, 6.07) is 8.42. The number of sulfonamides is 1. The molecule has 3 heterocycles. The number of nitrogens with one attached hydrogen (secondary N) is 1. The number of fused-ring (bicyclic) bond motifs is 1. The average Bonchev–Trinajstić information content (AvgIpc) is 3.14. The van der Waals surface area contributed by atoms with E-state index in [1.54, 1.807) is 17.5 Å². The van der Waals surface area contributed by atoms with Crippen LogP contribution in [-0.2, 0) is 10.0 Å². The zero-order valence-electron chi connectivity index (χ0n) is 12.2. The molecule has 3 aromatic rings. The van der Waals surface area contributed by atoms with Gasteiger partial charge in [0.25, 0.3) is 10.0 Å². The zero-order valence-corrected chi connectivity index (χ0v) is 13.8. The van der Waals surface area contributed by atoms with E-state index in [4.69, 9.17) is 0 Å². The molecule has 116 valence electrons. The summed E-state index contributed by atoms with van der Waals surface area (Å²) >= 11 is 1.19. The van der Waals surface area contributed by atoms with E-state index in [2.05, 4.69) is 14.9 Å². The molecule has 0 radical (unpaired) electrons. The van der Waals surface area contributed by atoms with Gasteiger partial charge >= 0.3 is 0 Å². The van der Waals surface area contributed by atoms with Crippen LogP contribution in [0.1, 0.15) is 25.7 Å². The first-order chi connectivity index (χ1) is 10.5. The minimum absolute atomic E-state index is 0.0299. The Hall–Kier alpha value is -1.77. The maximum Gasteiger partial charge on any atom is 0.250 e. The second kappa shape index (κ2) is 5.79. The molecule has 0 aromatic carbocycles. The van der Waals surface area contributed by atoms with Crippen molar-refractivity contribution in [2.24, 2.45) is 5.92 Å². The van der Waals surface area contributed by atoms with Crippen LogP contribution in [0.15, 0.2) is 46.1 Å². The van der Waals surface area contributed by atoms with Gasteiger partial charge in [-0.2, -0.15) is 4.72 Å². The number of thiophene rings is 1. The number of aromatic nitrogens is 3. The molecule has 0 aliphatic heterocycles. The van der Waals surface area contributed by atoms with Gasteiger partial charge < -0.3 is 0 Å². The quantitative estimate of drug-likeness (QED) is 0.776. The Morgan fingerprint density at radius 2 is 2.00 bits per heavy atom. The number of rotatable bonds is 5. The third-order valence-corrected chi connectivity index (χ3v) is 6.17. The SMILES string of the molecule is CC(C)C(NS(=O)(=O)c1cccs1)c1nnc2ccccn12. The Labute approximate surface area is 132 Å². The number of hydrogen-bond acceptors (Lipinski definition) is 5. The molecule has 3 aromatic heterocycles. The predicted octanol–water partition coefficient (Wildman–Crippen LogP) is 2.47. The molecule has 0 bridgehead atoms. The Kier molecular flexibility index (Phi) is 3.98. The smallest absolute Gasteiger partial charge is 0.250 e. The van der Waals surface area contributed by atoms with Crippen LogP contribution in [0.25, 0.3) is 5.65 Å². The summed E-state index contributed by atoms with van der Waals surface area (Å²) < 4.78 is 29.8. The van der Waals surface area contributed by atoms with E-state index < -0.39 is 16.1 Å². The average molecular weight is 336 g/mol. The van der Waals surface area contributed by atoms with Crippen molar-refractivity contribution in [1.82, 2.24) is 19.3 Å². The molecule has 1 atom stereocenters. The van der Waals surface area contributed by atoms with Crippen molar-refractivity contribution >= 4 is 27.0 Å². The first kappa shape index (κ1) is 15.1. The molecule has 0 saturated carbocycles. The third kappa shape index (κ3) is 2.77. The number of pyridine rings is 1. The van der Waals surface area contributed by atoms with Crippen LogP contribution in [0.3, 0.4) is 0 Å². The summed E-state index contributed by atoms with van der Waals surface area (Å²) in [7, 11) is -3.57. The molecule has 22 heavy (non-hydrogen) atoms. The van der Waals surface area contributed by atoms with Crippen LogP contribution in [0, 0.1) is 5.92 Å². The molecule has 1 N–H and O–H groups in total. The molecule has 0 spiro atoms. The van der Waals surface area contributed by atoms with Gasteiger partial charge in [0, 0.05) is 6.20 Å². The maximum absolute atomic E-state index is 12.5. The summed E-state index contributed by atoms with van der Waals surface area (Å²) in [4.78, 5) is 0. The Morgan fingerprint density at radius 3 is 2.68 bits per heavy atom. The molecule has 0 aliphatic carbocycles. The fourth-order valence-electron chi connectivity index (χ4n) is 2.20. The predicted molar refractivity (Wildman–Crippen MR) is 85.2 cm³/mol. The van der Waals surface area contributed by atoms with Crippen molar-refractivity contribution in [1.29, 1.82) is 0 Å². The highest BCUT2D eigenvalue weighted by atomic mass is 32.2. The van der Waals surface area contributed by atoms with Gasteiger partial charge in [-0.25, -0.2) is 8.42 Å². The topological polar surface area (TPSA) is 76.4 Å². The summed E-state index contributed by atoms with van der Waals surface area (Å²) in [6.45, 7) is 3.90. The van der Waals surface area contributed by atoms with Gasteiger partial charge in [0.05, 0.1) is 6.04 Å². The molecular weight excluding hydrogens is 320 g/mol. The van der Waals surface area contributed by atoms with Crippen molar-refractivity contribution in [3.05, 3.63) is 47.7 Å². The number of nitrogens with zero attached hydrogens (tertiary/aromatic N) is 3. The minimum Gasteiger partial charge on any atom is -0.285 e. The van der Waals surface area contributed by atoms with Gasteiger partial charge in [-0.05, 0) is 29.5 Å². The first-order valence-corrected chi connectivity index (χ1v) is 9.21. The molecule has 1 unspecified atom stereocenters. The van der Waals surface area contributed by atoms with Gasteiger partial charge in [0.15, 0.2) is 11.5 Å². The third-order valence-electron chi connectivity index (χ3n) is 3.33. The van der Waals surface area contributed by atoms with Crippen LogP contribution in [0.5, 0.6) is 0 Å². The Morgan fingerprint density at radius 1 is 1.18 bits per heavy atom. The van der Waals surface area contributed by atoms with E-state index in [9.17, 15) is 8.42 Å². The van der Waals surface area contributed by atoms with E-state index >= 15 is 0 Å². The van der Waals surface area contributed by atoms with E-state index in [0.717, 1.165) is 0 Å². The van der Waals surface area contributed by atoms with Crippen LogP contribution in [0.2, 0.25) is 0 Å². The molecule has 6 nitrogen and oxygen atoms in total. The van der Waals surface area contributed by atoms with Crippen LogP contribution in [-0.4, -0.2) is 23.0 Å². The van der Waals surface area contributed by atoms with Gasteiger partial charge in [0.2, 0.25) is 0 Å². The molecule has 0 aliphatic rings. The highest BCUT2D eigenvalue weighted by Crippen LogP contribution is 2.25. The van der Waals surface area contributed by atoms with Crippen LogP contribution in [0.4, 0.5) is 0 Å². The molecule has 0 fully saturated rings. The Balaban J connectivity index is 2.01. The zero-order chi connectivity index (χ0) is 15.7. The van der Waals surface area contributed by atoms with E-state index in [-0.39, 0.29) is 5.92 Å². The lowest BCUT2D eigenvalue weighted by atomic mass is 10.1. The van der Waals surface area contributed by atoms with E-state index in [1.165, 1.54) is 11.3 Å². The molecular formula is C14H16N4O2S2. The number of hydrogen-bond donors (Lipinski definition) is 1. The van der Waals surface area contributed by atoms with Gasteiger partial charge in [0.1, 0.15) is 4.21 Å². The second-order valence-electron chi connectivity index (χ2n) is 5.26. The molecule has 3 rings (SSSR count). The highest BCUT2D eigenvalue weighted by Gasteiger charge is 2.28. The minimum atomic E-state index is -3.57. The molecule has 8 heteroatoms. The second-order valence-corrected chi connectivity index (χ2v) is 8.15. The molecule has 0 saturated heterocycles. The molecule has 0 amide bonds. The van der Waals surface area contributed by atoms with Crippen molar-refractivity contribution in [2.45, 2.75) is 24.1 Å². The fraction of sp³-hybridized carbons (Fsp3) is 0.286. The van der Waals surface area contributed by atoms with Crippen molar-refractivity contribution < 1.29 is 8.42 Å².